The lowest BCUT2D eigenvalue weighted by Gasteiger charge is -2.09. The number of carbonyl (C=O) groups is 2. The number of nitrogens with one attached hydrogen (secondary N) is 1. The predicted octanol–water partition coefficient (Wildman–Crippen LogP) is 4.04. The first-order valence-corrected chi connectivity index (χ1v) is 10.7. The number of carbonyl (C=O) groups excluding carboxylic acids is 2. The highest BCUT2D eigenvalue weighted by atomic mass is 32.2. The zero-order valence-corrected chi connectivity index (χ0v) is 16.8. The lowest BCUT2D eigenvalue weighted by Crippen LogP contribution is -2.16. The molecule has 0 aliphatic rings. The lowest BCUT2D eigenvalue weighted by molar-refractivity contribution is 0.0475. The Bertz CT molecular complexity index is 1150. The van der Waals surface area contributed by atoms with Crippen molar-refractivity contribution in [2.75, 3.05) is 11.3 Å². The number of ketones is 1. The molecule has 1 aromatic heterocycles. The highest BCUT2D eigenvalue weighted by Gasteiger charge is 2.18. The third kappa shape index (κ3) is 5.27. The van der Waals surface area contributed by atoms with E-state index in [1.54, 1.807) is 12.1 Å². The fourth-order valence-corrected chi connectivity index (χ4v) is 4.29. The van der Waals surface area contributed by atoms with Crippen LogP contribution in [0.2, 0.25) is 0 Å². The Morgan fingerprint density at radius 2 is 1.79 bits per heavy atom. The normalized spacial score (nSPS) is 11.1. The van der Waals surface area contributed by atoms with E-state index in [1.807, 2.05) is 6.92 Å². The first-order chi connectivity index (χ1) is 13.7. The van der Waals surface area contributed by atoms with Crippen molar-refractivity contribution in [3.05, 3.63) is 81.8 Å². The Morgan fingerprint density at radius 3 is 2.45 bits per heavy atom. The Balaban J connectivity index is 1.70. The van der Waals surface area contributed by atoms with Gasteiger partial charge in [0.2, 0.25) is 5.78 Å². The van der Waals surface area contributed by atoms with Crippen LogP contribution in [0.15, 0.2) is 65.6 Å². The second kappa shape index (κ2) is 8.54. The summed E-state index contributed by atoms with van der Waals surface area (Å²) in [6.45, 7) is 1.42. The minimum Gasteiger partial charge on any atom is -0.454 e. The zero-order chi connectivity index (χ0) is 21.0. The largest absolute Gasteiger partial charge is 0.454 e. The van der Waals surface area contributed by atoms with Crippen LogP contribution in [0.25, 0.3) is 0 Å². The van der Waals surface area contributed by atoms with E-state index in [0.717, 1.165) is 23.1 Å². The molecule has 0 spiro atoms. The Labute approximate surface area is 171 Å². The summed E-state index contributed by atoms with van der Waals surface area (Å²) < 4.78 is 45.3. The van der Waals surface area contributed by atoms with Gasteiger partial charge in [-0.1, -0.05) is 6.07 Å². The van der Waals surface area contributed by atoms with Crippen LogP contribution in [-0.4, -0.2) is 26.8 Å². The number of aryl methyl sites for hydroxylation is 1. The van der Waals surface area contributed by atoms with Crippen LogP contribution in [0.5, 0.6) is 0 Å². The van der Waals surface area contributed by atoms with Crippen LogP contribution in [0.3, 0.4) is 0 Å². The van der Waals surface area contributed by atoms with Gasteiger partial charge >= 0.3 is 5.97 Å². The van der Waals surface area contributed by atoms with Crippen LogP contribution < -0.4 is 4.72 Å². The van der Waals surface area contributed by atoms with Crippen molar-refractivity contribution in [3.63, 3.8) is 0 Å². The number of esters is 1. The molecule has 0 radical (unpaired) electrons. The molecule has 3 aromatic rings. The maximum absolute atomic E-state index is 13.0. The van der Waals surface area contributed by atoms with Gasteiger partial charge in [-0.15, -0.1) is 11.3 Å². The number of hydrogen-bond acceptors (Lipinski definition) is 6. The van der Waals surface area contributed by atoms with Gasteiger partial charge in [0.25, 0.3) is 10.0 Å². The molecule has 0 saturated carbocycles. The summed E-state index contributed by atoms with van der Waals surface area (Å²) in [6.07, 6.45) is 0. The number of sulfonamides is 1. The summed E-state index contributed by atoms with van der Waals surface area (Å²) in [7, 11) is -4.00. The van der Waals surface area contributed by atoms with Gasteiger partial charge < -0.3 is 4.74 Å². The molecule has 0 aliphatic carbocycles. The minimum atomic E-state index is -4.00. The molecule has 6 nitrogen and oxygen atoms in total. The van der Waals surface area contributed by atoms with E-state index in [0.29, 0.717) is 4.88 Å². The highest BCUT2D eigenvalue weighted by Crippen LogP contribution is 2.19. The second-order valence-corrected chi connectivity index (χ2v) is 9.02. The second-order valence-electron chi connectivity index (χ2n) is 6.05. The summed E-state index contributed by atoms with van der Waals surface area (Å²) in [5, 5.41) is 0. The van der Waals surface area contributed by atoms with Gasteiger partial charge in [-0.3, -0.25) is 9.52 Å². The summed E-state index contributed by atoms with van der Waals surface area (Å²) in [6, 6.07) is 13.5. The van der Waals surface area contributed by atoms with E-state index in [1.165, 1.54) is 41.7 Å². The van der Waals surface area contributed by atoms with Crippen molar-refractivity contribution < 1.29 is 27.1 Å². The topological polar surface area (TPSA) is 89.5 Å². The first kappa shape index (κ1) is 20.7. The smallest absolute Gasteiger partial charge is 0.338 e. The molecule has 9 heteroatoms. The predicted molar refractivity (Wildman–Crippen MR) is 107 cm³/mol. The fraction of sp³-hybridized carbons (Fsp3) is 0.100. The number of thiophene rings is 1. The number of hydrogen-bond donors (Lipinski definition) is 1. The molecule has 150 valence electrons. The highest BCUT2D eigenvalue weighted by molar-refractivity contribution is 7.92. The quantitative estimate of drug-likeness (QED) is 0.449. The number of Topliss-reactive ketones (excluding diaryl/α,β-unsaturated/α-hetero) is 1. The molecule has 0 bridgehead atoms. The van der Waals surface area contributed by atoms with E-state index < -0.39 is 28.4 Å². The van der Waals surface area contributed by atoms with Crippen LogP contribution >= 0.6 is 11.3 Å². The van der Waals surface area contributed by atoms with Crippen LogP contribution in [-0.2, 0) is 14.8 Å². The molecule has 0 amide bonds. The molecule has 2 aromatic carbocycles. The number of benzene rings is 2. The summed E-state index contributed by atoms with van der Waals surface area (Å²) >= 11 is 1.30. The molecule has 0 unspecified atom stereocenters. The summed E-state index contributed by atoms with van der Waals surface area (Å²) in [5.74, 6) is -1.64. The molecule has 0 atom stereocenters. The molecular formula is C20H16FNO5S2. The fourth-order valence-electron chi connectivity index (χ4n) is 2.39. The Hall–Kier alpha value is -3.04. The van der Waals surface area contributed by atoms with E-state index in [9.17, 15) is 22.4 Å². The molecule has 3 rings (SSSR count). The maximum atomic E-state index is 13.0. The van der Waals surface area contributed by atoms with Crippen LogP contribution in [0, 0.1) is 12.7 Å². The summed E-state index contributed by atoms with van der Waals surface area (Å²) in [5.41, 5.74) is 0.165. The molecule has 1 heterocycles. The van der Waals surface area contributed by atoms with Crippen molar-refractivity contribution in [1.82, 2.24) is 0 Å². The Morgan fingerprint density at radius 1 is 1.07 bits per heavy atom. The number of halogens is 1. The Kier molecular flexibility index (Phi) is 6.09. The molecule has 0 aliphatic heterocycles. The van der Waals surface area contributed by atoms with Gasteiger partial charge in [-0.05, 0) is 61.5 Å². The van der Waals surface area contributed by atoms with Gasteiger partial charge in [-0.25, -0.2) is 17.6 Å². The van der Waals surface area contributed by atoms with Crippen LogP contribution in [0.1, 0.15) is 24.9 Å². The van der Waals surface area contributed by atoms with Crippen molar-refractivity contribution in [1.29, 1.82) is 0 Å². The SMILES string of the molecule is Cc1ccc(C(=O)COC(=O)c2cccc(S(=O)(=O)Nc3ccc(F)cc3)c2)s1. The number of ether oxygens (including phenoxy) is 1. The van der Waals surface area contributed by atoms with Gasteiger partial charge in [0.05, 0.1) is 15.3 Å². The van der Waals surface area contributed by atoms with Crippen molar-refractivity contribution in [2.24, 2.45) is 0 Å². The van der Waals surface area contributed by atoms with E-state index in [4.69, 9.17) is 4.74 Å². The van der Waals surface area contributed by atoms with Crippen molar-refractivity contribution in [3.8, 4) is 0 Å². The third-order valence-electron chi connectivity index (χ3n) is 3.83. The minimum absolute atomic E-state index is 0.0119. The van der Waals surface area contributed by atoms with Crippen molar-refractivity contribution in [2.45, 2.75) is 11.8 Å². The van der Waals surface area contributed by atoms with Gasteiger partial charge in [0.1, 0.15) is 5.82 Å². The summed E-state index contributed by atoms with van der Waals surface area (Å²) in [4.78, 5) is 25.6. The maximum Gasteiger partial charge on any atom is 0.338 e. The van der Waals surface area contributed by atoms with Gasteiger partial charge in [0.15, 0.2) is 6.61 Å². The average Bonchev–Trinajstić information content (AvgIpc) is 3.14. The first-order valence-electron chi connectivity index (χ1n) is 8.40. The van der Waals surface area contributed by atoms with Crippen LogP contribution in [0.4, 0.5) is 10.1 Å². The van der Waals surface area contributed by atoms with Gasteiger partial charge in [-0.2, -0.15) is 0 Å². The molecule has 29 heavy (non-hydrogen) atoms. The van der Waals surface area contributed by atoms with Crippen molar-refractivity contribution >= 4 is 38.8 Å². The molecule has 0 saturated heterocycles. The standard InChI is InChI=1S/C20H16FNO5S2/c1-13-5-10-19(28-13)18(23)12-27-20(24)14-3-2-4-17(11-14)29(25,26)22-16-8-6-15(21)7-9-16/h2-11,22H,12H2,1H3. The zero-order valence-electron chi connectivity index (χ0n) is 15.2. The lowest BCUT2D eigenvalue weighted by atomic mass is 10.2. The monoisotopic (exact) mass is 433 g/mol. The number of rotatable bonds is 7. The van der Waals surface area contributed by atoms with E-state index in [-0.39, 0.29) is 21.9 Å². The van der Waals surface area contributed by atoms with E-state index in [2.05, 4.69) is 4.72 Å². The average molecular weight is 433 g/mol. The van der Waals surface area contributed by atoms with E-state index >= 15 is 0 Å². The number of anilines is 1. The molecule has 0 fully saturated rings. The third-order valence-corrected chi connectivity index (χ3v) is 6.25. The van der Waals surface area contributed by atoms with Gasteiger partial charge in [0, 0.05) is 10.6 Å². The molecular weight excluding hydrogens is 417 g/mol. The molecule has 1 N–H and O–H groups in total.